The summed E-state index contributed by atoms with van der Waals surface area (Å²) in [6.45, 7) is 8.82. The van der Waals surface area contributed by atoms with Gasteiger partial charge in [-0.05, 0) is 57.5 Å². The highest BCUT2D eigenvalue weighted by molar-refractivity contribution is 5.14. The minimum absolute atomic E-state index is 0.974. The van der Waals surface area contributed by atoms with Gasteiger partial charge in [-0.15, -0.1) is 0 Å². The Labute approximate surface area is 124 Å². The lowest BCUT2D eigenvalue weighted by atomic mass is 10.2. The zero-order valence-corrected chi connectivity index (χ0v) is 13.0. The Morgan fingerprint density at radius 2 is 1.25 bits per heavy atom. The van der Waals surface area contributed by atoms with Crippen LogP contribution in [0.1, 0.15) is 38.2 Å². The first-order chi connectivity index (χ1) is 9.93. The third-order valence-electron chi connectivity index (χ3n) is 3.29. The summed E-state index contributed by atoms with van der Waals surface area (Å²) in [6.07, 6.45) is 4.99. The predicted molar refractivity (Wildman–Crippen MR) is 88.0 cm³/mol. The van der Waals surface area contributed by atoms with Gasteiger partial charge in [-0.3, -0.25) is 0 Å². The van der Waals surface area contributed by atoms with Gasteiger partial charge in [0, 0.05) is 6.54 Å². The van der Waals surface area contributed by atoms with Gasteiger partial charge in [0.15, 0.2) is 0 Å². The number of benzene rings is 1. The maximum atomic E-state index is 3.49. The summed E-state index contributed by atoms with van der Waals surface area (Å²) in [5.41, 5.74) is 1.36. The van der Waals surface area contributed by atoms with E-state index in [0.29, 0.717) is 0 Å². The van der Waals surface area contributed by atoms with Crippen LogP contribution in [0.4, 0.5) is 0 Å². The minimum Gasteiger partial charge on any atom is -0.317 e. The molecule has 0 bridgehead atoms. The largest absolute Gasteiger partial charge is 0.317 e. The van der Waals surface area contributed by atoms with Crippen molar-refractivity contribution in [2.75, 3.05) is 32.7 Å². The van der Waals surface area contributed by atoms with Gasteiger partial charge in [0.2, 0.25) is 0 Å². The molecule has 0 aliphatic rings. The van der Waals surface area contributed by atoms with Crippen molar-refractivity contribution in [3.8, 4) is 0 Å². The van der Waals surface area contributed by atoms with Crippen molar-refractivity contribution >= 4 is 0 Å². The summed E-state index contributed by atoms with van der Waals surface area (Å²) >= 11 is 0. The summed E-state index contributed by atoms with van der Waals surface area (Å²) in [4.78, 5) is 0. The zero-order valence-electron chi connectivity index (χ0n) is 13.0. The maximum Gasteiger partial charge on any atom is 0.0205 e. The second kappa shape index (κ2) is 13.1. The minimum atomic E-state index is 0.974. The van der Waals surface area contributed by atoms with Gasteiger partial charge in [-0.1, -0.05) is 43.7 Å². The van der Waals surface area contributed by atoms with Crippen LogP contribution in [0.25, 0.3) is 0 Å². The van der Waals surface area contributed by atoms with Crippen LogP contribution in [-0.4, -0.2) is 32.7 Å². The number of rotatable bonds is 13. The summed E-state index contributed by atoms with van der Waals surface area (Å²) in [5, 5.41) is 10.4. The summed E-state index contributed by atoms with van der Waals surface area (Å²) in [6, 6.07) is 10.6. The van der Waals surface area contributed by atoms with Crippen LogP contribution in [0.5, 0.6) is 0 Å². The fourth-order valence-electron chi connectivity index (χ4n) is 2.06. The Morgan fingerprint density at radius 3 is 1.85 bits per heavy atom. The molecule has 1 aromatic rings. The molecular weight excluding hydrogens is 246 g/mol. The molecular formula is C17H31N3. The second-order valence-corrected chi connectivity index (χ2v) is 5.22. The summed E-state index contributed by atoms with van der Waals surface area (Å²) < 4.78 is 0. The Morgan fingerprint density at radius 1 is 0.700 bits per heavy atom. The maximum absolute atomic E-state index is 3.49. The lowest BCUT2D eigenvalue weighted by molar-refractivity contribution is 0.559. The Hall–Kier alpha value is -0.900. The van der Waals surface area contributed by atoms with E-state index in [1.807, 2.05) is 0 Å². The van der Waals surface area contributed by atoms with Gasteiger partial charge in [0.1, 0.15) is 0 Å². The fraction of sp³-hybridized carbons (Fsp3) is 0.647. The molecule has 20 heavy (non-hydrogen) atoms. The molecule has 3 nitrogen and oxygen atoms in total. The smallest absolute Gasteiger partial charge is 0.0205 e. The Bertz CT molecular complexity index is 300. The molecule has 1 rings (SSSR count). The van der Waals surface area contributed by atoms with Crippen LogP contribution in [0, 0.1) is 0 Å². The molecule has 1 aromatic carbocycles. The van der Waals surface area contributed by atoms with Crippen LogP contribution < -0.4 is 16.0 Å². The van der Waals surface area contributed by atoms with Crippen LogP contribution in [0.3, 0.4) is 0 Å². The molecule has 0 fully saturated rings. The number of nitrogens with one attached hydrogen (secondary N) is 3. The molecule has 0 unspecified atom stereocenters. The summed E-state index contributed by atoms with van der Waals surface area (Å²) in [5.74, 6) is 0. The van der Waals surface area contributed by atoms with E-state index < -0.39 is 0 Å². The van der Waals surface area contributed by atoms with Crippen LogP contribution >= 0.6 is 0 Å². The van der Waals surface area contributed by atoms with Crippen molar-refractivity contribution in [1.82, 2.24) is 16.0 Å². The molecule has 114 valence electrons. The van der Waals surface area contributed by atoms with Gasteiger partial charge < -0.3 is 16.0 Å². The Balaban J connectivity index is 1.77. The molecule has 3 N–H and O–H groups in total. The molecule has 0 aliphatic heterocycles. The molecule has 0 saturated heterocycles. The van der Waals surface area contributed by atoms with E-state index >= 15 is 0 Å². The van der Waals surface area contributed by atoms with E-state index in [-0.39, 0.29) is 0 Å². The quantitative estimate of drug-likeness (QED) is 0.485. The van der Waals surface area contributed by atoms with E-state index in [9.17, 15) is 0 Å². The molecule has 0 spiro atoms. The number of hydrogen-bond acceptors (Lipinski definition) is 3. The third kappa shape index (κ3) is 9.96. The highest BCUT2D eigenvalue weighted by Crippen LogP contribution is 1.96. The van der Waals surface area contributed by atoms with Crippen molar-refractivity contribution in [1.29, 1.82) is 0 Å². The molecule has 3 heteroatoms. The standard InChI is InChI=1S/C17H31N3/c1-2-3-11-18-12-7-13-19-14-8-15-20-16-17-9-5-4-6-10-17/h4-6,9-10,18-20H,2-3,7-8,11-16H2,1H3. The van der Waals surface area contributed by atoms with Gasteiger partial charge in [0.25, 0.3) is 0 Å². The van der Waals surface area contributed by atoms with Crippen molar-refractivity contribution in [3.05, 3.63) is 35.9 Å². The Kier molecular flexibility index (Phi) is 11.2. The molecule has 0 aromatic heterocycles. The van der Waals surface area contributed by atoms with Crippen molar-refractivity contribution < 1.29 is 0 Å². The molecule has 0 heterocycles. The topological polar surface area (TPSA) is 36.1 Å². The molecule has 0 saturated carbocycles. The highest BCUT2D eigenvalue weighted by atomic mass is 14.9. The number of unbranched alkanes of at least 4 members (excludes halogenated alkanes) is 1. The monoisotopic (exact) mass is 277 g/mol. The first-order valence-corrected chi connectivity index (χ1v) is 8.09. The molecule has 0 amide bonds. The van der Waals surface area contributed by atoms with Crippen molar-refractivity contribution in [3.63, 3.8) is 0 Å². The van der Waals surface area contributed by atoms with Gasteiger partial charge >= 0.3 is 0 Å². The van der Waals surface area contributed by atoms with E-state index in [1.165, 1.54) is 37.8 Å². The third-order valence-corrected chi connectivity index (χ3v) is 3.29. The second-order valence-electron chi connectivity index (χ2n) is 5.22. The normalized spacial score (nSPS) is 10.8. The van der Waals surface area contributed by atoms with Crippen molar-refractivity contribution in [2.24, 2.45) is 0 Å². The van der Waals surface area contributed by atoms with Crippen LogP contribution in [0.2, 0.25) is 0 Å². The first-order valence-electron chi connectivity index (χ1n) is 8.09. The summed E-state index contributed by atoms with van der Waals surface area (Å²) in [7, 11) is 0. The van der Waals surface area contributed by atoms with Crippen molar-refractivity contribution in [2.45, 2.75) is 39.2 Å². The van der Waals surface area contributed by atoms with E-state index in [1.54, 1.807) is 0 Å². The average Bonchev–Trinajstić information content (AvgIpc) is 2.49. The lowest BCUT2D eigenvalue weighted by Crippen LogP contribution is -2.25. The molecule has 0 atom stereocenters. The molecule has 0 radical (unpaired) electrons. The van der Waals surface area contributed by atoms with E-state index in [4.69, 9.17) is 0 Å². The van der Waals surface area contributed by atoms with Crippen LogP contribution in [-0.2, 0) is 6.54 Å². The lowest BCUT2D eigenvalue weighted by Gasteiger charge is -2.07. The van der Waals surface area contributed by atoms with Crippen LogP contribution in [0.15, 0.2) is 30.3 Å². The van der Waals surface area contributed by atoms with Gasteiger partial charge in [-0.25, -0.2) is 0 Å². The zero-order chi connectivity index (χ0) is 14.3. The van der Waals surface area contributed by atoms with Gasteiger partial charge in [-0.2, -0.15) is 0 Å². The predicted octanol–water partition coefficient (Wildman–Crippen LogP) is 2.54. The first kappa shape index (κ1) is 17.2. The van der Waals surface area contributed by atoms with E-state index in [0.717, 1.165) is 32.7 Å². The number of hydrogen-bond donors (Lipinski definition) is 3. The fourth-order valence-corrected chi connectivity index (χ4v) is 2.06. The highest BCUT2D eigenvalue weighted by Gasteiger charge is 1.92. The van der Waals surface area contributed by atoms with Gasteiger partial charge in [0.05, 0.1) is 0 Å². The molecule has 0 aliphatic carbocycles. The average molecular weight is 277 g/mol. The SMILES string of the molecule is CCCCNCCCNCCCNCc1ccccc1. The van der Waals surface area contributed by atoms with E-state index in [2.05, 4.69) is 53.2 Å².